The lowest BCUT2D eigenvalue weighted by atomic mass is 10.2. The van der Waals surface area contributed by atoms with Crippen LogP contribution in [0.15, 0.2) is 12.1 Å². The zero-order chi connectivity index (χ0) is 15.2. The van der Waals surface area contributed by atoms with E-state index in [2.05, 4.69) is 15.7 Å². The predicted molar refractivity (Wildman–Crippen MR) is 68.6 cm³/mol. The number of hydrazine groups is 1. The Labute approximate surface area is 113 Å². The maximum absolute atomic E-state index is 12.6. The number of primary amides is 1. The molecule has 0 unspecified atom stereocenters. The molecule has 0 saturated heterocycles. The van der Waals surface area contributed by atoms with Gasteiger partial charge in [0.15, 0.2) is 0 Å². The highest BCUT2D eigenvalue weighted by molar-refractivity contribution is 5.73. The second-order valence-corrected chi connectivity index (χ2v) is 4.12. The Morgan fingerprint density at radius 3 is 2.45 bits per heavy atom. The van der Waals surface area contributed by atoms with E-state index in [1.54, 1.807) is 0 Å². The van der Waals surface area contributed by atoms with E-state index in [0.717, 1.165) is 12.1 Å². The van der Waals surface area contributed by atoms with Crippen molar-refractivity contribution in [3.8, 4) is 0 Å². The predicted octanol–water partition coefficient (Wildman–Crippen LogP) is 1.45. The van der Waals surface area contributed by atoms with E-state index in [0.29, 0.717) is 19.4 Å². The molecular weight excluding hydrogens is 275 g/mol. The molecule has 0 atom stereocenters. The van der Waals surface area contributed by atoms with Crippen molar-refractivity contribution in [2.75, 3.05) is 17.3 Å². The fraction of sp³-hybridized carbons (Fsp3) is 0.455. The van der Waals surface area contributed by atoms with Crippen molar-refractivity contribution in [1.82, 2.24) is 4.98 Å². The molecule has 6 N–H and O–H groups in total. The summed E-state index contributed by atoms with van der Waals surface area (Å²) >= 11 is 0. The standard InChI is InChI=1S/C11H16F3N5O/c12-11(13,14)7-5-9(18-10(6-7)19-16)17-4-2-1-3-8(15)20/h5-6H,1-4,16H2,(H2,15,20)(H2,17,18,19). The number of nitrogens with one attached hydrogen (secondary N) is 2. The van der Waals surface area contributed by atoms with Gasteiger partial charge in [-0.2, -0.15) is 13.2 Å². The average molecular weight is 291 g/mol. The largest absolute Gasteiger partial charge is 0.416 e. The van der Waals surface area contributed by atoms with Crippen molar-refractivity contribution in [2.45, 2.75) is 25.4 Å². The van der Waals surface area contributed by atoms with E-state index in [1.165, 1.54) is 0 Å². The summed E-state index contributed by atoms with van der Waals surface area (Å²) < 4.78 is 37.9. The number of nitrogens with zero attached hydrogens (tertiary/aromatic N) is 1. The van der Waals surface area contributed by atoms with Crippen LogP contribution in [0.3, 0.4) is 0 Å². The van der Waals surface area contributed by atoms with Gasteiger partial charge in [-0.05, 0) is 25.0 Å². The quantitative estimate of drug-likeness (QED) is 0.346. The zero-order valence-corrected chi connectivity index (χ0v) is 10.6. The van der Waals surface area contributed by atoms with Gasteiger partial charge >= 0.3 is 6.18 Å². The summed E-state index contributed by atoms with van der Waals surface area (Å²) in [6, 6.07) is 1.72. The van der Waals surface area contributed by atoms with Crippen molar-refractivity contribution in [3.63, 3.8) is 0 Å². The molecule has 0 radical (unpaired) electrons. The number of aromatic nitrogens is 1. The minimum absolute atomic E-state index is 0.0619. The van der Waals surface area contributed by atoms with E-state index < -0.39 is 17.6 Å². The number of unbranched alkanes of at least 4 members (excludes halogenated alkanes) is 1. The first-order valence-corrected chi connectivity index (χ1v) is 5.91. The van der Waals surface area contributed by atoms with E-state index >= 15 is 0 Å². The maximum Gasteiger partial charge on any atom is 0.416 e. The number of alkyl halides is 3. The average Bonchev–Trinajstić information content (AvgIpc) is 2.36. The van der Waals surface area contributed by atoms with Crippen molar-refractivity contribution >= 4 is 17.5 Å². The molecule has 20 heavy (non-hydrogen) atoms. The van der Waals surface area contributed by atoms with Gasteiger partial charge in [0.2, 0.25) is 5.91 Å². The molecule has 0 fully saturated rings. The number of rotatable bonds is 7. The van der Waals surface area contributed by atoms with Gasteiger partial charge in [0.25, 0.3) is 0 Å². The van der Waals surface area contributed by atoms with Crippen LogP contribution in [0.4, 0.5) is 24.8 Å². The number of nitrogens with two attached hydrogens (primary N) is 2. The third-order valence-electron chi connectivity index (χ3n) is 2.46. The van der Waals surface area contributed by atoms with Crippen LogP contribution in [-0.2, 0) is 11.0 Å². The van der Waals surface area contributed by atoms with Crippen molar-refractivity contribution in [1.29, 1.82) is 0 Å². The minimum Gasteiger partial charge on any atom is -0.370 e. The summed E-state index contributed by atoms with van der Waals surface area (Å²) in [4.78, 5) is 14.4. The Bertz CT molecular complexity index is 464. The molecule has 0 aliphatic carbocycles. The Kier molecular flexibility index (Phi) is 5.56. The third-order valence-corrected chi connectivity index (χ3v) is 2.46. The summed E-state index contributed by atoms with van der Waals surface area (Å²) in [5.41, 5.74) is 6.21. The molecule has 1 aromatic heterocycles. The molecule has 0 spiro atoms. The number of carbonyl (C=O) groups excluding carboxylic acids is 1. The highest BCUT2D eigenvalue weighted by Gasteiger charge is 2.31. The smallest absolute Gasteiger partial charge is 0.370 e. The van der Waals surface area contributed by atoms with Crippen LogP contribution in [-0.4, -0.2) is 17.4 Å². The van der Waals surface area contributed by atoms with Gasteiger partial charge in [0.1, 0.15) is 11.6 Å². The Balaban J connectivity index is 2.63. The number of nitrogen functional groups attached to an aromatic ring is 1. The topological polar surface area (TPSA) is 106 Å². The first-order chi connectivity index (χ1) is 9.32. The van der Waals surface area contributed by atoms with Crippen LogP contribution in [0.1, 0.15) is 24.8 Å². The third kappa shape index (κ3) is 5.31. The number of amides is 1. The Morgan fingerprint density at radius 2 is 1.90 bits per heavy atom. The lowest BCUT2D eigenvalue weighted by molar-refractivity contribution is -0.137. The van der Waals surface area contributed by atoms with Gasteiger partial charge in [-0.1, -0.05) is 0 Å². The molecule has 0 saturated carbocycles. The maximum atomic E-state index is 12.6. The van der Waals surface area contributed by atoms with Crippen LogP contribution in [0.5, 0.6) is 0 Å². The summed E-state index contributed by atoms with van der Waals surface area (Å²) in [5, 5.41) is 2.75. The number of hydrogen-bond donors (Lipinski definition) is 4. The molecule has 1 heterocycles. The minimum atomic E-state index is -4.48. The van der Waals surface area contributed by atoms with E-state index in [9.17, 15) is 18.0 Å². The molecule has 1 aromatic rings. The molecule has 9 heteroatoms. The van der Waals surface area contributed by atoms with E-state index in [-0.39, 0.29) is 18.1 Å². The summed E-state index contributed by atoms with van der Waals surface area (Å²) in [6.45, 7) is 0.381. The lowest BCUT2D eigenvalue weighted by Gasteiger charge is -2.12. The normalized spacial score (nSPS) is 11.2. The molecule has 1 rings (SSSR count). The molecule has 112 valence electrons. The van der Waals surface area contributed by atoms with E-state index in [4.69, 9.17) is 11.6 Å². The summed E-state index contributed by atoms with van der Waals surface area (Å²) in [6.07, 6.45) is -3.08. The van der Waals surface area contributed by atoms with Crippen molar-refractivity contribution < 1.29 is 18.0 Å². The van der Waals surface area contributed by atoms with Gasteiger partial charge < -0.3 is 16.5 Å². The second-order valence-electron chi connectivity index (χ2n) is 4.12. The van der Waals surface area contributed by atoms with Crippen LogP contribution in [0.2, 0.25) is 0 Å². The molecule has 0 aliphatic rings. The van der Waals surface area contributed by atoms with Gasteiger partial charge in [0.05, 0.1) is 5.56 Å². The van der Waals surface area contributed by atoms with Crippen LogP contribution < -0.4 is 22.3 Å². The fourth-order valence-electron chi connectivity index (χ4n) is 1.50. The van der Waals surface area contributed by atoms with Gasteiger partial charge in [-0.3, -0.25) is 4.79 Å². The molecule has 0 aromatic carbocycles. The number of pyridine rings is 1. The first kappa shape index (κ1) is 16.0. The number of halogens is 3. The first-order valence-electron chi connectivity index (χ1n) is 5.91. The van der Waals surface area contributed by atoms with Crippen LogP contribution in [0, 0.1) is 0 Å². The van der Waals surface area contributed by atoms with Gasteiger partial charge in [-0.15, -0.1) is 0 Å². The van der Waals surface area contributed by atoms with E-state index in [1.807, 2.05) is 0 Å². The lowest BCUT2D eigenvalue weighted by Crippen LogP contribution is -2.14. The molecule has 0 aliphatic heterocycles. The summed E-state index contributed by atoms with van der Waals surface area (Å²) in [5.74, 6) is 4.65. The Morgan fingerprint density at radius 1 is 1.25 bits per heavy atom. The number of hydrogen-bond acceptors (Lipinski definition) is 5. The number of anilines is 2. The Hall–Kier alpha value is -2.03. The van der Waals surface area contributed by atoms with Crippen molar-refractivity contribution in [2.24, 2.45) is 11.6 Å². The molecular formula is C11H16F3N5O. The molecule has 0 bridgehead atoms. The second kappa shape index (κ2) is 6.94. The van der Waals surface area contributed by atoms with Crippen LogP contribution >= 0.6 is 0 Å². The fourth-order valence-corrected chi connectivity index (χ4v) is 1.50. The highest BCUT2D eigenvalue weighted by atomic mass is 19.4. The van der Waals surface area contributed by atoms with Crippen LogP contribution in [0.25, 0.3) is 0 Å². The summed E-state index contributed by atoms with van der Waals surface area (Å²) in [7, 11) is 0. The van der Waals surface area contributed by atoms with Gasteiger partial charge in [-0.25, -0.2) is 10.8 Å². The molecule has 6 nitrogen and oxygen atoms in total. The van der Waals surface area contributed by atoms with Gasteiger partial charge in [0, 0.05) is 13.0 Å². The number of carbonyl (C=O) groups is 1. The highest BCUT2D eigenvalue weighted by Crippen LogP contribution is 2.31. The molecule has 1 amide bonds. The zero-order valence-electron chi connectivity index (χ0n) is 10.6. The SMILES string of the molecule is NNc1cc(C(F)(F)F)cc(NCCCCC(N)=O)n1. The monoisotopic (exact) mass is 291 g/mol. The van der Waals surface area contributed by atoms with Crippen molar-refractivity contribution in [3.05, 3.63) is 17.7 Å².